The molecule has 2 saturated carbocycles. The van der Waals surface area contributed by atoms with Gasteiger partial charge in [-0.15, -0.1) is 0 Å². The van der Waals surface area contributed by atoms with Gasteiger partial charge in [-0.2, -0.15) is 0 Å². The van der Waals surface area contributed by atoms with Gasteiger partial charge in [-0.3, -0.25) is 4.79 Å². The van der Waals surface area contributed by atoms with Crippen molar-refractivity contribution in [3.05, 3.63) is 0 Å². The van der Waals surface area contributed by atoms with Crippen LogP contribution in [0.2, 0.25) is 0 Å². The van der Waals surface area contributed by atoms with Crippen molar-refractivity contribution in [3.63, 3.8) is 0 Å². The molecule has 0 amide bonds. The van der Waals surface area contributed by atoms with Gasteiger partial charge in [-0.25, -0.2) is 0 Å². The average molecular weight is 196 g/mol. The number of rotatable bonds is 1. The summed E-state index contributed by atoms with van der Waals surface area (Å²) < 4.78 is 0. The minimum Gasteiger partial charge on any atom is -0.481 e. The Morgan fingerprint density at radius 3 is 2.64 bits per heavy atom. The molecule has 0 radical (unpaired) electrons. The SMILES string of the molecule is CC1(C)CCC2C(C(=O)O)CCCC21. The highest BCUT2D eigenvalue weighted by Crippen LogP contribution is 2.54. The van der Waals surface area contributed by atoms with E-state index in [4.69, 9.17) is 5.11 Å². The van der Waals surface area contributed by atoms with Crippen LogP contribution in [0.3, 0.4) is 0 Å². The molecular weight excluding hydrogens is 176 g/mol. The second kappa shape index (κ2) is 3.25. The normalized spacial score (nSPS) is 40.6. The van der Waals surface area contributed by atoms with Gasteiger partial charge in [0.25, 0.3) is 0 Å². The lowest BCUT2D eigenvalue weighted by Gasteiger charge is -2.37. The van der Waals surface area contributed by atoms with Crippen LogP contribution in [0.1, 0.15) is 46.0 Å². The van der Waals surface area contributed by atoms with E-state index in [0.29, 0.717) is 17.3 Å². The Bertz CT molecular complexity index is 245. The maximum atomic E-state index is 11.1. The minimum absolute atomic E-state index is 0.0458. The molecule has 0 bridgehead atoms. The Balaban J connectivity index is 2.18. The Morgan fingerprint density at radius 1 is 1.29 bits per heavy atom. The van der Waals surface area contributed by atoms with Crippen LogP contribution in [0.5, 0.6) is 0 Å². The average Bonchev–Trinajstić information content (AvgIpc) is 2.42. The van der Waals surface area contributed by atoms with Gasteiger partial charge in [-0.1, -0.05) is 20.3 Å². The predicted molar refractivity (Wildman–Crippen MR) is 55.0 cm³/mol. The van der Waals surface area contributed by atoms with Crippen molar-refractivity contribution in [2.24, 2.45) is 23.2 Å². The fourth-order valence-corrected chi connectivity index (χ4v) is 3.67. The highest BCUT2D eigenvalue weighted by Gasteiger charge is 2.48. The second-order valence-corrected chi connectivity index (χ2v) is 5.67. The van der Waals surface area contributed by atoms with E-state index in [0.717, 1.165) is 19.3 Å². The summed E-state index contributed by atoms with van der Waals surface area (Å²) in [7, 11) is 0. The lowest BCUT2D eigenvalue weighted by molar-refractivity contribution is -0.146. The molecule has 0 aliphatic heterocycles. The van der Waals surface area contributed by atoms with E-state index >= 15 is 0 Å². The van der Waals surface area contributed by atoms with Gasteiger partial charge >= 0.3 is 5.97 Å². The number of hydrogen-bond donors (Lipinski definition) is 1. The lowest BCUT2D eigenvalue weighted by Crippen LogP contribution is -2.34. The maximum Gasteiger partial charge on any atom is 0.306 e. The Hall–Kier alpha value is -0.530. The summed E-state index contributed by atoms with van der Waals surface area (Å²) in [6.07, 6.45) is 5.62. The van der Waals surface area contributed by atoms with Crippen LogP contribution in [-0.4, -0.2) is 11.1 Å². The molecule has 2 fully saturated rings. The molecule has 3 unspecified atom stereocenters. The molecule has 2 aliphatic carbocycles. The Morgan fingerprint density at radius 2 is 2.00 bits per heavy atom. The minimum atomic E-state index is -0.558. The van der Waals surface area contributed by atoms with Crippen molar-refractivity contribution in [2.75, 3.05) is 0 Å². The van der Waals surface area contributed by atoms with Gasteiger partial charge in [0, 0.05) is 0 Å². The zero-order chi connectivity index (χ0) is 10.3. The van der Waals surface area contributed by atoms with Crippen molar-refractivity contribution < 1.29 is 9.90 Å². The van der Waals surface area contributed by atoms with Crippen molar-refractivity contribution in [2.45, 2.75) is 46.0 Å². The molecule has 0 saturated heterocycles. The molecule has 0 aromatic heterocycles. The number of fused-ring (bicyclic) bond motifs is 1. The second-order valence-electron chi connectivity index (χ2n) is 5.67. The third-order valence-corrected chi connectivity index (χ3v) is 4.51. The van der Waals surface area contributed by atoms with Crippen LogP contribution in [0, 0.1) is 23.2 Å². The van der Waals surface area contributed by atoms with Crippen LogP contribution in [-0.2, 0) is 4.79 Å². The van der Waals surface area contributed by atoms with E-state index in [1.165, 1.54) is 12.8 Å². The van der Waals surface area contributed by atoms with Crippen molar-refractivity contribution in [1.82, 2.24) is 0 Å². The maximum absolute atomic E-state index is 11.1. The molecule has 2 rings (SSSR count). The molecule has 3 atom stereocenters. The molecule has 1 N–H and O–H groups in total. The summed E-state index contributed by atoms with van der Waals surface area (Å²) in [5.74, 6) is 0.529. The molecule has 80 valence electrons. The van der Waals surface area contributed by atoms with Crippen molar-refractivity contribution >= 4 is 5.97 Å². The summed E-state index contributed by atoms with van der Waals surface area (Å²) in [6, 6.07) is 0. The number of aliphatic carboxylic acids is 1. The number of hydrogen-bond acceptors (Lipinski definition) is 1. The largest absolute Gasteiger partial charge is 0.481 e. The third kappa shape index (κ3) is 1.45. The summed E-state index contributed by atoms with van der Waals surface area (Å²) >= 11 is 0. The molecule has 0 aromatic carbocycles. The van der Waals surface area contributed by atoms with Crippen LogP contribution in [0.4, 0.5) is 0 Å². The Labute approximate surface area is 85.7 Å². The van der Waals surface area contributed by atoms with E-state index in [1.807, 2.05) is 0 Å². The van der Waals surface area contributed by atoms with Crippen LogP contribution < -0.4 is 0 Å². The summed E-state index contributed by atoms with van der Waals surface area (Å²) in [4.78, 5) is 11.1. The van der Waals surface area contributed by atoms with Crippen LogP contribution >= 0.6 is 0 Å². The molecule has 2 heteroatoms. The number of carboxylic acids is 1. The molecule has 14 heavy (non-hydrogen) atoms. The standard InChI is InChI=1S/C12H20O2/c1-12(2)7-6-8-9(11(13)14)4-3-5-10(8)12/h8-10H,3-7H2,1-2H3,(H,13,14). The highest BCUT2D eigenvalue weighted by atomic mass is 16.4. The van der Waals surface area contributed by atoms with E-state index in [-0.39, 0.29) is 5.92 Å². The van der Waals surface area contributed by atoms with E-state index < -0.39 is 5.97 Å². The van der Waals surface area contributed by atoms with Crippen molar-refractivity contribution in [3.8, 4) is 0 Å². The molecule has 2 aliphatic rings. The monoisotopic (exact) mass is 196 g/mol. The highest BCUT2D eigenvalue weighted by molar-refractivity contribution is 5.70. The molecule has 0 heterocycles. The first-order valence-corrected chi connectivity index (χ1v) is 5.75. The smallest absolute Gasteiger partial charge is 0.306 e. The Kier molecular flexibility index (Phi) is 2.32. The van der Waals surface area contributed by atoms with Gasteiger partial charge in [0.15, 0.2) is 0 Å². The first-order valence-electron chi connectivity index (χ1n) is 5.75. The zero-order valence-corrected chi connectivity index (χ0v) is 9.12. The van der Waals surface area contributed by atoms with Crippen LogP contribution in [0.25, 0.3) is 0 Å². The molecule has 0 aromatic rings. The molecule has 0 spiro atoms. The van der Waals surface area contributed by atoms with Gasteiger partial charge in [0.1, 0.15) is 0 Å². The van der Waals surface area contributed by atoms with Gasteiger partial charge < -0.3 is 5.11 Å². The number of carbonyl (C=O) groups is 1. The van der Waals surface area contributed by atoms with Gasteiger partial charge in [0.05, 0.1) is 5.92 Å². The van der Waals surface area contributed by atoms with E-state index in [2.05, 4.69) is 13.8 Å². The summed E-state index contributed by atoms with van der Waals surface area (Å²) in [5.41, 5.74) is 0.388. The number of carboxylic acid groups (broad SMARTS) is 1. The molecule has 2 nitrogen and oxygen atoms in total. The molecular formula is C12H20O2. The first-order chi connectivity index (χ1) is 6.52. The van der Waals surface area contributed by atoms with Gasteiger partial charge in [0.2, 0.25) is 0 Å². The lowest BCUT2D eigenvalue weighted by atomic mass is 9.67. The predicted octanol–water partition coefficient (Wildman–Crippen LogP) is 2.92. The van der Waals surface area contributed by atoms with E-state index in [9.17, 15) is 4.79 Å². The fourth-order valence-electron chi connectivity index (χ4n) is 3.67. The topological polar surface area (TPSA) is 37.3 Å². The van der Waals surface area contributed by atoms with E-state index in [1.54, 1.807) is 0 Å². The van der Waals surface area contributed by atoms with Gasteiger partial charge in [-0.05, 0) is 42.9 Å². The third-order valence-electron chi connectivity index (χ3n) is 4.51. The fraction of sp³-hybridized carbons (Fsp3) is 0.917. The van der Waals surface area contributed by atoms with Crippen molar-refractivity contribution in [1.29, 1.82) is 0 Å². The summed E-state index contributed by atoms with van der Waals surface area (Å²) in [5, 5.41) is 9.16. The summed E-state index contributed by atoms with van der Waals surface area (Å²) in [6.45, 7) is 4.61. The zero-order valence-electron chi connectivity index (χ0n) is 9.12. The first kappa shape index (κ1) is 10.0. The quantitative estimate of drug-likeness (QED) is 0.700. The van der Waals surface area contributed by atoms with Crippen LogP contribution in [0.15, 0.2) is 0 Å².